The van der Waals surface area contributed by atoms with E-state index in [0.717, 1.165) is 5.69 Å². The zero-order valence-corrected chi connectivity index (χ0v) is 11.6. The van der Waals surface area contributed by atoms with Gasteiger partial charge in [-0.15, -0.1) is 0 Å². The van der Waals surface area contributed by atoms with Crippen molar-refractivity contribution in [2.75, 3.05) is 13.2 Å². The molecule has 2 rings (SSSR count). The number of carbonyl (C=O) groups excluding carboxylic acids is 1. The number of benzene rings is 1. The van der Waals surface area contributed by atoms with Crippen molar-refractivity contribution in [2.45, 2.75) is 6.92 Å². The van der Waals surface area contributed by atoms with Gasteiger partial charge >= 0.3 is 5.97 Å². The number of pyridine rings is 1. The molecule has 0 fully saturated rings. The normalized spacial score (nSPS) is 9.71. The van der Waals surface area contributed by atoms with Crippen LogP contribution in [-0.4, -0.2) is 24.2 Å². The van der Waals surface area contributed by atoms with E-state index in [2.05, 4.69) is 4.98 Å². The maximum absolute atomic E-state index is 11.7. The van der Waals surface area contributed by atoms with Crippen LogP contribution in [0.5, 0.6) is 5.75 Å². The maximum atomic E-state index is 11.7. The Morgan fingerprint density at radius 3 is 2.57 bits per heavy atom. The Morgan fingerprint density at radius 1 is 1.19 bits per heavy atom. The number of hydrogen-bond acceptors (Lipinski definition) is 5. The zero-order valence-electron chi connectivity index (χ0n) is 11.6. The molecule has 0 unspecified atom stereocenters. The van der Waals surface area contributed by atoms with Crippen molar-refractivity contribution in [1.82, 2.24) is 4.98 Å². The van der Waals surface area contributed by atoms with Crippen LogP contribution < -0.4 is 4.74 Å². The Balaban J connectivity index is 1.75. The number of esters is 1. The van der Waals surface area contributed by atoms with Gasteiger partial charge in [-0.05, 0) is 43.3 Å². The quantitative estimate of drug-likeness (QED) is 0.622. The van der Waals surface area contributed by atoms with E-state index in [4.69, 9.17) is 14.7 Å². The number of nitriles is 1. The van der Waals surface area contributed by atoms with Crippen LogP contribution in [-0.2, 0) is 4.74 Å². The fraction of sp³-hybridized carbons (Fsp3) is 0.188. The van der Waals surface area contributed by atoms with Crippen molar-refractivity contribution < 1.29 is 14.3 Å². The van der Waals surface area contributed by atoms with Crippen LogP contribution >= 0.6 is 0 Å². The molecule has 0 aliphatic rings. The second kappa shape index (κ2) is 7.06. The van der Waals surface area contributed by atoms with Crippen molar-refractivity contribution in [3.63, 3.8) is 0 Å². The SMILES string of the molecule is Cc1ccc(C(=O)OCCOc2ccc(C#N)cc2)cn1. The van der Waals surface area contributed by atoms with E-state index in [1.807, 2.05) is 13.0 Å². The molecule has 0 radical (unpaired) electrons. The summed E-state index contributed by atoms with van der Waals surface area (Å²) in [6.45, 7) is 2.24. The number of rotatable bonds is 5. The molecule has 1 aromatic carbocycles. The molecule has 1 aromatic heterocycles. The molecule has 0 atom stereocenters. The summed E-state index contributed by atoms with van der Waals surface area (Å²) in [6, 6.07) is 12.2. The van der Waals surface area contributed by atoms with Crippen LogP contribution in [0.15, 0.2) is 42.6 Å². The van der Waals surface area contributed by atoms with Gasteiger partial charge in [0.2, 0.25) is 0 Å². The van der Waals surface area contributed by atoms with E-state index < -0.39 is 5.97 Å². The Morgan fingerprint density at radius 2 is 1.95 bits per heavy atom. The van der Waals surface area contributed by atoms with Crippen molar-refractivity contribution >= 4 is 5.97 Å². The summed E-state index contributed by atoms with van der Waals surface area (Å²) in [5.74, 6) is 0.202. The lowest BCUT2D eigenvalue weighted by atomic mass is 10.2. The molecule has 5 heteroatoms. The third-order valence-corrected chi connectivity index (χ3v) is 2.72. The molecule has 0 saturated carbocycles. The molecule has 1 heterocycles. The Bertz CT molecular complexity index is 643. The highest BCUT2D eigenvalue weighted by atomic mass is 16.6. The number of aryl methyl sites for hydroxylation is 1. The van der Waals surface area contributed by atoms with E-state index >= 15 is 0 Å². The van der Waals surface area contributed by atoms with E-state index in [9.17, 15) is 4.79 Å². The minimum Gasteiger partial charge on any atom is -0.490 e. The first-order valence-corrected chi connectivity index (χ1v) is 6.42. The minimum absolute atomic E-state index is 0.146. The molecule has 0 aliphatic carbocycles. The van der Waals surface area contributed by atoms with Crippen molar-refractivity contribution in [1.29, 1.82) is 5.26 Å². The summed E-state index contributed by atoms with van der Waals surface area (Å²) in [5.41, 5.74) is 1.83. The fourth-order valence-electron chi connectivity index (χ4n) is 1.59. The van der Waals surface area contributed by atoms with Gasteiger partial charge in [-0.25, -0.2) is 4.79 Å². The van der Waals surface area contributed by atoms with E-state index in [1.54, 1.807) is 36.4 Å². The highest BCUT2D eigenvalue weighted by Crippen LogP contribution is 2.11. The average molecular weight is 282 g/mol. The first-order valence-electron chi connectivity index (χ1n) is 6.42. The Hall–Kier alpha value is -2.87. The molecule has 0 aliphatic heterocycles. The third kappa shape index (κ3) is 4.32. The molecule has 106 valence electrons. The fourth-order valence-corrected chi connectivity index (χ4v) is 1.59. The molecular formula is C16H14N2O3. The van der Waals surface area contributed by atoms with Crippen molar-refractivity contribution in [3.8, 4) is 11.8 Å². The highest BCUT2D eigenvalue weighted by molar-refractivity contribution is 5.88. The zero-order chi connectivity index (χ0) is 15.1. The van der Waals surface area contributed by atoms with Gasteiger partial charge in [-0.3, -0.25) is 4.98 Å². The summed E-state index contributed by atoms with van der Waals surface area (Å²) < 4.78 is 10.5. The van der Waals surface area contributed by atoms with Gasteiger partial charge in [0, 0.05) is 11.9 Å². The van der Waals surface area contributed by atoms with Gasteiger partial charge in [-0.1, -0.05) is 0 Å². The minimum atomic E-state index is -0.425. The van der Waals surface area contributed by atoms with Crippen LogP contribution in [0.3, 0.4) is 0 Å². The van der Waals surface area contributed by atoms with Crippen LogP contribution in [0.25, 0.3) is 0 Å². The molecule has 5 nitrogen and oxygen atoms in total. The van der Waals surface area contributed by atoms with Crippen LogP contribution in [0, 0.1) is 18.3 Å². The van der Waals surface area contributed by atoms with E-state index in [1.165, 1.54) is 6.20 Å². The topological polar surface area (TPSA) is 72.2 Å². The van der Waals surface area contributed by atoms with E-state index in [-0.39, 0.29) is 13.2 Å². The standard InChI is InChI=1S/C16H14N2O3/c1-12-2-5-14(11-18-12)16(19)21-9-8-20-15-6-3-13(10-17)4-7-15/h2-7,11H,8-9H2,1H3. The van der Waals surface area contributed by atoms with Crippen LogP contribution in [0.4, 0.5) is 0 Å². The first-order chi connectivity index (χ1) is 10.2. The molecule has 21 heavy (non-hydrogen) atoms. The predicted octanol–water partition coefficient (Wildman–Crippen LogP) is 2.50. The monoisotopic (exact) mass is 282 g/mol. The second-order valence-corrected chi connectivity index (χ2v) is 4.31. The number of carbonyl (C=O) groups is 1. The largest absolute Gasteiger partial charge is 0.490 e. The summed E-state index contributed by atoms with van der Waals surface area (Å²) >= 11 is 0. The Kier molecular flexibility index (Phi) is 4.89. The number of nitrogens with zero attached hydrogens (tertiary/aromatic N) is 2. The molecule has 2 aromatic rings. The highest BCUT2D eigenvalue weighted by Gasteiger charge is 2.06. The summed E-state index contributed by atoms with van der Waals surface area (Å²) in [6.07, 6.45) is 1.49. The van der Waals surface area contributed by atoms with Gasteiger partial charge in [0.1, 0.15) is 19.0 Å². The van der Waals surface area contributed by atoms with Crippen molar-refractivity contribution in [2.24, 2.45) is 0 Å². The summed E-state index contributed by atoms with van der Waals surface area (Å²) in [7, 11) is 0. The van der Waals surface area contributed by atoms with Gasteiger partial charge in [-0.2, -0.15) is 5.26 Å². The summed E-state index contributed by atoms with van der Waals surface area (Å²) in [4.78, 5) is 15.7. The Labute approximate surface area is 122 Å². The predicted molar refractivity (Wildman–Crippen MR) is 75.9 cm³/mol. The first kappa shape index (κ1) is 14.5. The van der Waals surface area contributed by atoms with Gasteiger partial charge in [0.15, 0.2) is 0 Å². The molecule has 0 spiro atoms. The number of hydrogen-bond donors (Lipinski definition) is 0. The molecule has 0 N–H and O–H groups in total. The molecule has 0 amide bonds. The number of ether oxygens (including phenoxy) is 2. The van der Waals surface area contributed by atoms with Gasteiger partial charge < -0.3 is 9.47 Å². The molecule has 0 saturated heterocycles. The molecular weight excluding hydrogens is 268 g/mol. The molecule has 0 bridgehead atoms. The van der Waals surface area contributed by atoms with Gasteiger partial charge in [0.25, 0.3) is 0 Å². The smallest absolute Gasteiger partial charge is 0.339 e. The second-order valence-electron chi connectivity index (χ2n) is 4.31. The van der Waals surface area contributed by atoms with Gasteiger partial charge in [0.05, 0.1) is 17.2 Å². The lowest BCUT2D eigenvalue weighted by Crippen LogP contribution is -2.12. The van der Waals surface area contributed by atoms with Crippen LogP contribution in [0.1, 0.15) is 21.6 Å². The van der Waals surface area contributed by atoms with Crippen molar-refractivity contribution in [3.05, 3.63) is 59.4 Å². The van der Waals surface area contributed by atoms with E-state index in [0.29, 0.717) is 16.9 Å². The number of aromatic nitrogens is 1. The summed E-state index contributed by atoms with van der Waals surface area (Å²) in [5, 5.41) is 8.68. The lowest BCUT2D eigenvalue weighted by Gasteiger charge is -2.07. The van der Waals surface area contributed by atoms with Crippen LogP contribution in [0.2, 0.25) is 0 Å². The lowest BCUT2D eigenvalue weighted by molar-refractivity contribution is 0.0450. The average Bonchev–Trinajstić information content (AvgIpc) is 2.52. The third-order valence-electron chi connectivity index (χ3n) is 2.72. The maximum Gasteiger partial charge on any atom is 0.339 e.